The zero-order valence-electron chi connectivity index (χ0n) is 13.5. The van der Waals surface area contributed by atoms with E-state index in [1.54, 1.807) is 0 Å². The molecule has 0 N–H and O–H groups in total. The summed E-state index contributed by atoms with van der Waals surface area (Å²) in [6, 6.07) is 22.9. The molecule has 0 aliphatic heterocycles. The van der Waals surface area contributed by atoms with E-state index in [9.17, 15) is 0 Å². The lowest BCUT2D eigenvalue weighted by Crippen LogP contribution is -2.00. The minimum Gasteiger partial charge on any atom is -0.338 e. The van der Waals surface area contributed by atoms with Gasteiger partial charge in [-0.1, -0.05) is 42.5 Å². The third kappa shape index (κ3) is 1.68. The van der Waals surface area contributed by atoms with Gasteiger partial charge in [-0.3, -0.25) is 0 Å². The molecular formula is C22H19N. The number of benzene rings is 3. The summed E-state index contributed by atoms with van der Waals surface area (Å²) in [6.45, 7) is 4.54. The van der Waals surface area contributed by atoms with Gasteiger partial charge >= 0.3 is 0 Å². The van der Waals surface area contributed by atoms with Crippen molar-refractivity contribution >= 4 is 21.8 Å². The highest BCUT2D eigenvalue weighted by molar-refractivity contribution is 6.10. The fourth-order valence-electron chi connectivity index (χ4n) is 4.18. The maximum Gasteiger partial charge on any atom is 0.0497 e. The number of para-hydroxylation sites is 1. The molecule has 0 radical (unpaired) electrons. The van der Waals surface area contributed by atoms with E-state index >= 15 is 0 Å². The van der Waals surface area contributed by atoms with Crippen molar-refractivity contribution in [2.75, 3.05) is 0 Å². The van der Waals surface area contributed by atoms with Crippen LogP contribution in [0.5, 0.6) is 0 Å². The van der Waals surface area contributed by atoms with Gasteiger partial charge in [0.15, 0.2) is 0 Å². The molecule has 0 spiro atoms. The van der Waals surface area contributed by atoms with Crippen LogP contribution in [-0.4, -0.2) is 4.57 Å². The van der Waals surface area contributed by atoms with Gasteiger partial charge in [0.25, 0.3) is 0 Å². The lowest BCUT2D eigenvalue weighted by Gasteiger charge is -2.12. The Labute approximate surface area is 136 Å². The van der Waals surface area contributed by atoms with E-state index < -0.39 is 0 Å². The zero-order chi connectivity index (χ0) is 15.6. The van der Waals surface area contributed by atoms with Gasteiger partial charge in [0.2, 0.25) is 0 Å². The first-order chi connectivity index (χ1) is 11.2. The molecule has 1 aromatic heterocycles. The Balaban J connectivity index is 1.93. The molecule has 0 unspecified atom stereocenters. The van der Waals surface area contributed by atoms with E-state index in [0.29, 0.717) is 6.04 Å². The number of rotatable bonds is 1. The van der Waals surface area contributed by atoms with Crippen LogP contribution in [0.25, 0.3) is 32.9 Å². The van der Waals surface area contributed by atoms with Crippen molar-refractivity contribution in [1.82, 2.24) is 4.57 Å². The summed E-state index contributed by atoms with van der Waals surface area (Å²) in [6.07, 6.45) is 1.06. The van der Waals surface area contributed by atoms with Crippen molar-refractivity contribution in [3.05, 3.63) is 71.8 Å². The zero-order valence-corrected chi connectivity index (χ0v) is 13.5. The van der Waals surface area contributed by atoms with Crippen LogP contribution in [0.4, 0.5) is 0 Å². The largest absolute Gasteiger partial charge is 0.338 e. The van der Waals surface area contributed by atoms with Crippen molar-refractivity contribution in [3.63, 3.8) is 0 Å². The van der Waals surface area contributed by atoms with E-state index in [1.165, 1.54) is 44.1 Å². The van der Waals surface area contributed by atoms with E-state index in [2.05, 4.69) is 79.1 Å². The van der Waals surface area contributed by atoms with Crippen LogP contribution < -0.4 is 0 Å². The normalized spacial score (nSPS) is 13.0. The molecule has 0 amide bonds. The Bertz CT molecular complexity index is 1070. The molecule has 0 saturated heterocycles. The third-order valence-electron chi connectivity index (χ3n) is 5.14. The minimum atomic E-state index is 0.458. The average Bonchev–Trinajstić information content (AvgIpc) is 3.07. The fourth-order valence-corrected chi connectivity index (χ4v) is 4.18. The standard InChI is InChI=1S/C22H19N/c1-14(2)23-21-10-6-5-9-18(21)20-13-19-16(12-22(20)23)11-15-7-3-4-8-17(15)19/h3-10,12-14H,11H2,1-2H3. The molecular weight excluding hydrogens is 278 g/mol. The Morgan fingerprint density at radius 3 is 2.39 bits per heavy atom. The fraction of sp³-hybridized carbons (Fsp3) is 0.182. The SMILES string of the molecule is CC(C)n1c2ccccc2c2cc3c(cc21)Cc1ccccc1-3. The Morgan fingerprint density at radius 1 is 0.739 bits per heavy atom. The molecule has 5 rings (SSSR count). The molecule has 0 bridgehead atoms. The summed E-state index contributed by atoms with van der Waals surface area (Å²) < 4.78 is 2.48. The highest BCUT2D eigenvalue weighted by atomic mass is 15.0. The van der Waals surface area contributed by atoms with Crippen LogP contribution in [0.2, 0.25) is 0 Å². The molecule has 4 aromatic rings. The topological polar surface area (TPSA) is 4.93 Å². The van der Waals surface area contributed by atoms with Gasteiger partial charge in [-0.25, -0.2) is 0 Å². The second-order valence-electron chi connectivity index (χ2n) is 6.84. The minimum absolute atomic E-state index is 0.458. The first-order valence-corrected chi connectivity index (χ1v) is 8.38. The van der Waals surface area contributed by atoms with Crippen LogP contribution in [0, 0.1) is 0 Å². The van der Waals surface area contributed by atoms with Gasteiger partial charge in [0.1, 0.15) is 0 Å². The monoisotopic (exact) mass is 297 g/mol. The number of fused-ring (bicyclic) bond motifs is 6. The smallest absolute Gasteiger partial charge is 0.0497 e. The summed E-state index contributed by atoms with van der Waals surface area (Å²) in [5.41, 5.74) is 8.45. The van der Waals surface area contributed by atoms with Crippen molar-refractivity contribution in [2.45, 2.75) is 26.3 Å². The Morgan fingerprint density at radius 2 is 1.52 bits per heavy atom. The molecule has 1 aliphatic rings. The first-order valence-electron chi connectivity index (χ1n) is 8.38. The first kappa shape index (κ1) is 13.0. The highest BCUT2D eigenvalue weighted by Crippen LogP contribution is 2.42. The highest BCUT2D eigenvalue weighted by Gasteiger charge is 2.21. The van der Waals surface area contributed by atoms with Crippen molar-refractivity contribution < 1.29 is 0 Å². The second-order valence-corrected chi connectivity index (χ2v) is 6.84. The molecule has 1 aliphatic carbocycles. The lowest BCUT2D eigenvalue weighted by atomic mass is 10.0. The van der Waals surface area contributed by atoms with Crippen LogP contribution in [-0.2, 0) is 6.42 Å². The molecule has 1 heteroatoms. The molecule has 0 atom stereocenters. The molecule has 112 valence electrons. The van der Waals surface area contributed by atoms with E-state index in [1.807, 2.05) is 0 Å². The summed E-state index contributed by atoms with van der Waals surface area (Å²) in [5, 5.41) is 2.74. The molecule has 1 nitrogen and oxygen atoms in total. The van der Waals surface area contributed by atoms with E-state index in [4.69, 9.17) is 0 Å². The predicted octanol–water partition coefficient (Wildman–Crippen LogP) is 5.95. The van der Waals surface area contributed by atoms with Crippen molar-refractivity contribution in [3.8, 4) is 11.1 Å². The maximum atomic E-state index is 2.48. The van der Waals surface area contributed by atoms with Crippen LogP contribution in [0.3, 0.4) is 0 Å². The van der Waals surface area contributed by atoms with E-state index in [0.717, 1.165) is 6.42 Å². The Kier molecular flexibility index (Phi) is 2.52. The maximum absolute atomic E-state index is 2.48. The predicted molar refractivity (Wildman–Crippen MR) is 98.1 cm³/mol. The van der Waals surface area contributed by atoms with Crippen molar-refractivity contribution in [1.29, 1.82) is 0 Å². The third-order valence-corrected chi connectivity index (χ3v) is 5.14. The van der Waals surface area contributed by atoms with Gasteiger partial charge in [0.05, 0.1) is 0 Å². The summed E-state index contributed by atoms with van der Waals surface area (Å²) in [4.78, 5) is 0. The molecule has 1 heterocycles. The summed E-state index contributed by atoms with van der Waals surface area (Å²) in [5.74, 6) is 0. The second kappa shape index (κ2) is 4.48. The van der Waals surface area contributed by atoms with Gasteiger partial charge in [-0.05, 0) is 60.7 Å². The average molecular weight is 297 g/mol. The molecule has 3 aromatic carbocycles. The van der Waals surface area contributed by atoms with Gasteiger partial charge in [-0.15, -0.1) is 0 Å². The molecule has 0 saturated carbocycles. The van der Waals surface area contributed by atoms with E-state index in [-0.39, 0.29) is 0 Å². The lowest BCUT2D eigenvalue weighted by molar-refractivity contribution is 0.642. The Hall–Kier alpha value is -2.54. The van der Waals surface area contributed by atoms with Crippen molar-refractivity contribution in [2.24, 2.45) is 0 Å². The molecule has 23 heavy (non-hydrogen) atoms. The van der Waals surface area contributed by atoms with Gasteiger partial charge < -0.3 is 4.57 Å². The summed E-state index contributed by atoms with van der Waals surface area (Å²) >= 11 is 0. The number of aromatic nitrogens is 1. The van der Waals surface area contributed by atoms with Crippen LogP contribution >= 0.6 is 0 Å². The number of nitrogens with zero attached hydrogens (tertiary/aromatic N) is 1. The van der Waals surface area contributed by atoms with Gasteiger partial charge in [-0.2, -0.15) is 0 Å². The molecule has 0 fully saturated rings. The number of hydrogen-bond acceptors (Lipinski definition) is 0. The van der Waals surface area contributed by atoms with Crippen LogP contribution in [0.15, 0.2) is 60.7 Å². The quantitative estimate of drug-likeness (QED) is 0.360. The summed E-state index contributed by atoms with van der Waals surface area (Å²) in [7, 11) is 0. The number of hydrogen-bond donors (Lipinski definition) is 0. The van der Waals surface area contributed by atoms with Gasteiger partial charge in [0, 0.05) is 27.8 Å². The van der Waals surface area contributed by atoms with Crippen LogP contribution in [0.1, 0.15) is 31.0 Å².